The number of nitrogens with zero attached hydrogens (tertiary/aromatic N) is 6. The third kappa shape index (κ3) is 2.86. The Morgan fingerprint density at radius 2 is 1.26 bits per heavy atom. The zero-order valence-electron chi connectivity index (χ0n) is 20.4. The fourth-order valence-electron chi connectivity index (χ4n) is 5.91. The van der Waals surface area contributed by atoms with E-state index in [9.17, 15) is 10.5 Å². The fraction of sp³-hybridized carbons (Fsp3) is 0. The van der Waals surface area contributed by atoms with Crippen molar-refractivity contribution in [1.82, 2.24) is 19.5 Å². The van der Waals surface area contributed by atoms with Gasteiger partial charge in [-0.3, -0.25) is 4.98 Å². The molecule has 7 aromatic rings. The van der Waals surface area contributed by atoms with E-state index in [-0.39, 0.29) is 11.4 Å². The molecule has 0 saturated carbocycles. The molecule has 39 heavy (non-hydrogen) atoms. The molecule has 0 unspecified atom stereocenters. The van der Waals surface area contributed by atoms with Crippen LogP contribution in [0.25, 0.3) is 71.9 Å². The Morgan fingerprint density at radius 3 is 2.03 bits per heavy atom. The normalized spacial score (nSPS) is 11.5. The van der Waals surface area contributed by atoms with E-state index in [1.807, 2.05) is 42.7 Å². The number of pyridine rings is 1. The maximum atomic E-state index is 9.48. The second kappa shape index (κ2) is 7.82. The van der Waals surface area contributed by atoms with Crippen LogP contribution in [0.4, 0.5) is 0 Å². The van der Waals surface area contributed by atoms with Gasteiger partial charge in [0.15, 0.2) is 11.4 Å². The molecule has 0 fully saturated rings. The van der Waals surface area contributed by atoms with Crippen LogP contribution in [0.3, 0.4) is 0 Å². The molecule has 0 aliphatic heterocycles. The summed E-state index contributed by atoms with van der Waals surface area (Å²) in [6, 6.07) is 33.3. The molecule has 3 aromatic heterocycles. The first-order chi connectivity index (χ1) is 19.3. The lowest BCUT2D eigenvalue weighted by Crippen LogP contribution is -1.97. The van der Waals surface area contributed by atoms with E-state index in [0.717, 1.165) is 49.7 Å². The van der Waals surface area contributed by atoms with Crippen molar-refractivity contribution in [2.45, 2.75) is 0 Å². The van der Waals surface area contributed by atoms with Crippen LogP contribution in [0.2, 0.25) is 0 Å². The third-order valence-electron chi connectivity index (χ3n) is 7.57. The molecule has 1 aliphatic rings. The molecule has 0 saturated heterocycles. The van der Waals surface area contributed by atoms with Crippen LogP contribution in [-0.2, 0) is 0 Å². The van der Waals surface area contributed by atoms with Gasteiger partial charge in [-0.25, -0.2) is 9.97 Å². The summed E-state index contributed by atoms with van der Waals surface area (Å²) in [6.45, 7) is 0. The SMILES string of the molecule is N#Cc1nc2c(nc1C#N)-c1ccc(-c3ccc(-n4c5ccccc5c5ccncc54)cc3)c3cccc-2c13. The van der Waals surface area contributed by atoms with E-state index in [4.69, 9.17) is 0 Å². The lowest BCUT2D eigenvalue weighted by Gasteiger charge is -2.12. The fourth-order valence-corrected chi connectivity index (χ4v) is 5.91. The monoisotopic (exact) mass is 496 g/mol. The smallest absolute Gasteiger partial charge is 0.177 e. The first kappa shape index (κ1) is 21.3. The zero-order chi connectivity index (χ0) is 26.1. The minimum absolute atomic E-state index is 0.0529. The van der Waals surface area contributed by atoms with Gasteiger partial charge in [0.05, 0.1) is 28.6 Å². The van der Waals surface area contributed by atoms with Gasteiger partial charge in [0.25, 0.3) is 0 Å². The predicted molar refractivity (Wildman–Crippen MR) is 151 cm³/mol. The molecule has 8 rings (SSSR count). The summed E-state index contributed by atoms with van der Waals surface area (Å²) in [7, 11) is 0. The molecule has 6 heteroatoms. The van der Waals surface area contributed by atoms with Crippen molar-refractivity contribution in [3.63, 3.8) is 0 Å². The van der Waals surface area contributed by atoms with E-state index < -0.39 is 0 Å². The van der Waals surface area contributed by atoms with Gasteiger partial charge in [-0.15, -0.1) is 0 Å². The Kier molecular flexibility index (Phi) is 4.26. The molecule has 178 valence electrons. The molecular weight excluding hydrogens is 480 g/mol. The summed E-state index contributed by atoms with van der Waals surface area (Å²) in [5.41, 5.74) is 8.75. The highest BCUT2D eigenvalue weighted by atomic mass is 15.0. The van der Waals surface area contributed by atoms with Crippen molar-refractivity contribution < 1.29 is 0 Å². The maximum Gasteiger partial charge on any atom is 0.177 e. The van der Waals surface area contributed by atoms with Crippen molar-refractivity contribution in [2.24, 2.45) is 0 Å². The quantitative estimate of drug-likeness (QED) is 0.253. The second-order valence-electron chi connectivity index (χ2n) is 9.52. The van der Waals surface area contributed by atoms with Crippen LogP contribution >= 0.6 is 0 Å². The van der Waals surface area contributed by atoms with Gasteiger partial charge < -0.3 is 4.57 Å². The van der Waals surface area contributed by atoms with E-state index in [1.165, 1.54) is 10.8 Å². The van der Waals surface area contributed by atoms with Gasteiger partial charge in [0, 0.05) is 39.2 Å². The number of rotatable bonds is 2. The minimum atomic E-state index is 0.0529. The summed E-state index contributed by atoms with van der Waals surface area (Å²) < 4.78 is 2.25. The summed E-state index contributed by atoms with van der Waals surface area (Å²) in [4.78, 5) is 13.4. The number of fused-ring (bicyclic) bond motifs is 6. The van der Waals surface area contributed by atoms with Crippen LogP contribution in [-0.4, -0.2) is 19.5 Å². The van der Waals surface area contributed by atoms with Crippen LogP contribution in [0, 0.1) is 22.7 Å². The Hall–Kier alpha value is -5.85. The van der Waals surface area contributed by atoms with Gasteiger partial charge in [-0.2, -0.15) is 10.5 Å². The lowest BCUT2D eigenvalue weighted by atomic mass is 9.94. The van der Waals surface area contributed by atoms with Gasteiger partial charge in [0.2, 0.25) is 0 Å². The maximum absolute atomic E-state index is 9.48. The van der Waals surface area contributed by atoms with Crippen LogP contribution < -0.4 is 0 Å². The molecule has 0 radical (unpaired) electrons. The highest BCUT2D eigenvalue weighted by Gasteiger charge is 2.27. The third-order valence-corrected chi connectivity index (χ3v) is 7.57. The van der Waals surface area contributed by atoms with Crippen molar-refractivity contribution in [3.05, 3.63) is 109 Å². The van der Waals surface area contributed by atoms with Crippen molar-refractivity contribution in [2.75, 3.05) is 0 Å². The Balaban J connectivity index is 1.29. The van der Waals surface area contributed by atoms with Crippen molar-refractivity contribution in [1.29, 1.82) is 10.5 Å². The van der Waals surface area contributed by atoms with Gasteiger partial charge in [-0.1, -0.05) is 60.7 Å². The number of para-hydroxylation sites is 1. The Bertz CT molecular complexity index is 2140. The summed E-state index contributed by atoms with van der Waals surface area (Å²) >= 11 is 0. The summed E-state index contributed by atoms with van der Waals surface area (Å²) in [5.74, 6) is 0. The van der Waals surface area contributed by atoms with Gasteiger partial charge >= 0.3 is 0 Å². The van der Waals surface area contributed by atoms with Crippen molar-refractivity contribution >= 4 is 32.6 Å². The van der Waals surface area contributed by atoms with Crippen LogP contribution in [0.1, 0.15) is 11.4 Å². The zero-order valence-corrected chi connectivity index (χ0v) is 20.4. The highest BCUT2D eigenvalue weighted by molar-refractivity contribution is 6.17. The Labute approximate surface area is 222 Å². The molecular formula is C33H16N6. The van der Waals surface area contributed by atoms with Crippen LogP contribution in [0.5, 0.6) is 0 Å². The van der Waals surface area contributed by atoms with Crippen LogP contribution in [0.15, 0.2) is 97.3 Å². The number of benzene rings is 4. The van der Waals surface area contributed by atoms with Gasteiger partial charge in [-0.05, 0) is 40.8 Å². The molecule has 0 N–H and O–H groups in total. The van der Waals surface area contributed by atoms with E-state index in [0.29, 0.717) is 11.4 Å². The van der Waals surface area contributed by atoms with E-state index >= 15 is 0 Å². The number of nitriles is 2. The molecule has 1 aliphatic carbocycles. The summed E-state index contributed by atoms with van der Waals surface area (Å²) in [5, 5.41) is 23.5. The number of aromatic nitrogens is 4. The topological polar surface area (TPSA) is 91.2 Å². The molecule has 0 bridgehead atoms. The predicted octanol–water partition coefficient (Wildman–Crippen LogP) is 7.18. The number of hydrogen-bond acceptors (Lipinski definition) is 5. The molecule has 0 spiro atoms. The summed E-state index contributed by atoms with van der Waals surface area (Å²) in [6.07, 6.45) is 3.76. The standard InChI is InChI=1S/C33H16N6/c34-16-27-28(17-35)38-33-26-13-12-21(24-5-3-6-25(31(24)26)32(33)37-27)19-8-10-20(11-9-19)39-29-7-2-1-4-22(29)23-14-15-36-18-30(23)39/h1-15,18H. The first-order valence-electron chi connectivity index (χ1n) is 12.5. The van der Waals surface area contributed by atoms with E-state index in [2.05, 4.69) is 86.2 Å². The van der Waals surface area contributed by atoms with Crippen molar-refractivity contribution in [3.8, 4) is 51.5 Å². The molecule has 0 atom stereocenters. The first-order valence-corrected chi connectivity index (χ1v) is 12.5. The molecule has 6 nitrogen and oxygen atoms in total. The second-order valence-corrected chi connectivity index (χ2v) is 9.52. The minimum Gasteiger partial charge on any atom is -0.308 e. The lowest BCUT2D eigenvalue weighted by molar-refractivity contribution is 1.15. The van der Waals surface area contributed by atoms with Gasteiger partial charge in [0.1, 0.15) is 12.1 Å². The molecule has 0 amide bonds. The largest absolute Gasteiger partial charge is 0.308 e. The molecule has 3 heterocycles. The Morgan fingerprint density at radius 1 is 0.590 bits per heavy atom. The average molecular weight is 497 g/mol. The average Bonchev–Trinajstić information content (AvgIpc) is 3.50. The molecule has 4 aromatic carbocycles. The highest BCUT2D eigenvalue weighted by Crippen LogP contribution is 2.48. The van der Waals surface area contributed by atoms with E-state index in [1.54, 1.807) is 0 Å². The number of hydrogen-bond donors (Lipinski definition) is 0.